The summed E-state index contributed by atoms with van der Waals surface area (Å²) >= 11 is 0. The van der Waals surface area contributed by atoms with Crippen LogP contribution in [-0.4, -0.2) is 105 Å². The van der Waals surface area contributed by atoms with Crippen molar-refractivity contribution < 1.29 is 28.7 Å². The maximum atomic E-state index is 13.8. The van der Waals surface area contributed by atoms with E-state index in [0.29, 0.717) is 13.1 Å². The molecule has 0 saturated carbocycles. The van der Waals surface area contributed by atoms with Crippen molar-refractivity contribution in [3.05, 3.63) is 59.3 Å². The van der Waals surface area contributed by atoms with Crippen molar-refractivity contribution in [3.8, 4) is 22.4 Å². The highest BCUT2D eigenvalue weighted by molar-refractivity contribution is 5.88. The summed E-state index contributed by atoms with van der Waals surface area (Å²) in [6.45, 7) is 8.84. The molecule has 2 bridgehead atoms. The van der Waals surface area contributed by atoms with Crippen LogP contribution in [0, 0.1) is 11.8 Å². The number of nitrogens with zero attached hydrogens (tertiary/aromatic N) is 5. The van der Waals surface area contributed by atoms with Crippen LogP contribution in [-0.2, 0) is 19.1 Å². The Morgan fingerprint density at radius 3 is 1.84 bits per heavy atom. The Balaban J connectivity index is 1.08. The van der Waals surface area contributed by atoms with Crippen LogP contribution in [0.5, 0.6) is 0 Å². The molecule has 15 nitrogen and oxygen atoms in total. The zero-order valence-electron chi connectivity index (χ0n) is 34.4. The number of rotatable bonds is 10. The van der Waals surface area contributed by atoms with Gasteiger partial charge in [0.05, 0.1) is 49.2 Å². The lowest BCUT2D eigenvalue weighted by atomic mass is 9.82. The van der Waals surface area contributed by atoms with E-state index in [2.05, 4.69) is 62.9 Å². The van der Waals surface area contributed by atoms with Gasteiger partial charge in [-0.1, -0.05) is 45.9 Å². The third-order valence-electron chi connectivity index (χ3n) is 12.8. The largest absolute Gasteiger partial charge is 0.453 e. The summed E-state index contributed by atoms with van der Waals surface area (Å²) in [7, 11) is 4.82. The number of aromatic nitrogens is 4. The normalized spacial score (nSPS) is 22.5. The van der Waals surface area contributed by atoms with Crippen LogP contribution in [0.1, 0.15) is 113 Å². The molecule has 4 aliphatic heterocycles. The Morgan fingerprint density at radius 1 is 0.724 bits per heavy atom. The van der Waals surface area contributed by atoms with Crippen molar-refractivity contribution in [2.75, 3.05) is 34.4 Å². The zero-order chi connectivity index (χ0) is 41.0. The maximum absolute atomic E-state index is 13.8. The molecule has 0 spiro atoms. The fraction of sp³-hybridized carbons (Fsp3) is 0.535. The Hall–Kier alpha value is -5.44. The molecule has 6 atom stereocenters. The summed E-state index contributed by atoms with van der Waals surface area (Å²) in [5.41, 5.74) is 8.73. The van der Waals surface area contributed by atoms with E-state index in [-0.39, 0.29) is 47.8 Å². The predicted molar refractivity (Wildman–Crippen MR) is 217 cm³/mol. The summed E-state index contributed by atoms with van der Waals surface area (Å²) in [6, 6.07) is 9.51. The highest BCUT2D eigenvalue weighted by atomic mass is 16.5. The molecular formula is C43H55N9O6. The molecule has 4 aromatic rings. The van der Waals surface area contributed by atoms with Crippen LogP contribution >= 0.6 is 0 Å². The van der Waals surface area contributed by atoms with E-state index in [9.17, 15) is 19.2 Å². The van der Waals surface area contributed by atoms with Crippen LogP contribution in [0.15, 0.2) is 36.5 Å². The fourth-order valence-corrected chi connectivity index (χ4v) is 9.86. The first kappa shape index (κ1) is 39.4. The van der Waals surface area contributed by atoms with Crippen LogP contribution in [0.2, 0.25) is 0 Å². The average Bonchev–Trinajstić information content (AvgIpc) is 4.08. The second-order valence-electron chi connectivity index (χ2n) is 16.9. The summed E-state index contributed by atoms with van der Waals surface area (Å²) in [4.78, 5) is 75.0. The van der Waals surface area contributed by atoms with Crippen molar-refractivity contribution in [1.29, 1.82) is 0 Å². The number of amides is 4. The molecule has 2 aromatic carbocycles. The van der Waals surface area contributed by atoms with E-state index in [1.165, 1.54) is 30.9 Å². The van der Waals surface area contributed by atoms with E-state index < -0.39 is 24.3 Å². The number of methoxy groups -OCH3 is 2. The molecule has 0 radical (unpaired) electrons. The van der Waals surface area contributed by atoms with Gasteiger partial charge < -0.3 is 39.9 Å². The Labute approximate surface area is 338 Å². The standard InChI is InChI=1S/C43H55N9O6/c1-22(2)36(48-42(55)57-6)40(53)51-18-8-10-32(51)38-44-21-29(47-38)26-14-13-25(34-30-16-17-31(35(26)34)50(30)5)24-12-15-27-28(20-24)46-39(45-27)33-11-9-19-52(33)41(54)37(23(3)4)49-43(56)58-7/h12-15,20-23,30-33,36-37H,8-11,16-19H2,1-7H3,(H,44,47)(H,45,46)(H,48,55)(H,49,56)/t30?,31?,32-,33-,36-,37-/m0/s1. The highest BCUT2D eigenvalue weighted by Crippen LogP contribution is 2.57. The van der Waals surface area contributed by atoms with Gasteiger partial charge in [0.25, 0.3) is 0 Å². The number of nitrogens with one attached hydrogen (secondary N) is 4. The van der Waals surface area contributed by atoms with Gasteiger partial charge in [-0.25, -0.2) is 19.6 Å². The number of ether oxygens (including phenoxy) is 2. The first-order valence-corrected chi connectivity index (χ1v) is 20.6. The van der Waals surface area contributed by atoms with Gasteiger partial charge in [-0.15, -0.1) is 0 Å². The lowest BCUT2D eigenvalue weighted by Gasteiger charge is -2.30. The molecule has 3 fully saturated rings. The lowest BCUT2D eigenvalue weighted by molar-refractivity contribution is -0.136. The van der Waals surface area contributed by atoms with Crippen molar-refractivity contribution >= 4 is 35.0 Å². The number of fused-ring (bicyclic) bond motifs is 6. The molecule has 58 heavy (non-hydrogen) atoms. The minimum absolute atomic E-state index is 0.112. The lowest BCUT2D eigenvalue weighted by Crippen LogP contribution is -2.51. The number of likely N-dealkylation sites (tertiary alicyclic amines) is 2. The van der Waals surface area contributed by atoms with E-state index >= 15 is 0 Å². The third-order valence-corrected chi connectivity index (χ3v) is 12.8. The summed E-state index contributed by atoms with van der Waals surface area (Å²) in [6.07, 6.45) is 6.07. The molecule has 0 aliphatic carbocycles. The van der Waals surface area contributed by atoms with E-state index in [0.717, 1.165) is 78.0 Å². The maximum Gasteiger partial charge on any atom is 0.407 e. The second-order valence-corrected chi connectivity index (χ2v) is 16.9. The molecule has 2 unspecified atom stereocenters. The number of imidazole rings is 2. The minimum atomic E-state index is -0.697. The summed E-state index contributed by atoms with van der Waals surface area (Å²) < 4.78 is 9.62. The number of hydrogen-bond donors (Lipinski definition) is 4. The first-order valence-electron chi connectivity index (χ1n) is 20.6. The zero-order valence-corrected chi connectivity index (χ0v) is 34.4. The Bertz CT molecular complexity index is 2230. The molecule has 2 aromatic heterocycles. The van der Waals surface area contributed by atoms with Gasteiger partial charge in [0.2, 0.25) is 11.8 Å². The van der Waals surface area contributed by atoms with E-state index in [1.807, 2.05) is 43.7 Å². The third kappa shape index (κ3) is 6.86. The Kier molecular flexibility index (Phi) is 10.7. The van der Waals surface area contributed by atoms with Gasteiger partial charge in [0.1, 0.15) is 23.7 Å². The summed E-state index contributed by atoms with van der Waals surface area (Å²) in [5, 5.41) is 5.46. The molecule has 4 amide bonds. The molecule has 308 valence electrons. The van der Waals surface area contributed by atoms with E-state index in [1.54, 1.807) is 0 Å². The Morgan fingerprint density at radius 2 is 1.28 bits per heavy atom. The molecule has 6 heterocycles. The summed E-state index contributed by atoms with van der Waals surface area (Å²) in [5.74, 6) is 1.00. The number of benzene rings is 2. The van der Waals surface area contributed by atoms with E-state index in [4.69, 9.17) is 19.4 Å². The van der Waals surface area contributed by atoms with Crippen LogP contribution in [0.25, 0.3) is 33.4 Å². The van der Waals surface area contributed by atoms with Crippen molar-refractivity contribution in [3.63, 3.8) is 0 Å². The van der Waals surface area contributed by atoms with Crippen LogP contribution < -0.4 is 10.6 Å². The van der Waals surface area contributed by atoms with Gasteiger partial charge in [-0.2, -0.15) is 0 Å². The van der Waals surface area contributed by atoms with Crippen molar-refractivity contribution in [1.82, 2.24) is 45.3 Å². The second kappa shape index (κ2) is 15.7. The number of carbonyl (C=O) groups excluding carboxylic acids is 4. The number of hydrogen-bond acceptors (Lipinski definition) is 9. The number of alkyl carbamates (subject to hydrolysis) is 2. The van der Waals surface area contributed by atoms with Gasteiger partial charge in [-0.3, -0.25) is 14.5 Å². The molecule has 3 saturated heterocycles. The topological polar surface area (TPSA) is 178 Å². The molecule has 15 heteroatoms. The monoisotopic (exact) mass is 793 g/mol. The van der Waals surface area contributed by atoms with Gasteiger partial charge in [0.15, 0.2) is 0 Å². The number of H-pyrrole nitrogens is 2. The quantitative estimate of drug-likeness (QED) is 0.139. The number of aromatic amines is 2. The van der Waals surface area contributed by atoms with Gasteiger partial charge in [0, 0.05) is 30.7 Å². The molecule has 8 rings (SSSR count). The molecule has 4 aliphatic rings. The fourth-order valence-electron chi connectivity index (χ4n) is 9.86. The SMILES string of the molecule is COC(=O)N[C@H](C(=O)N1CCC[C@H]1c1ncc(-c2ccc(-c3ccc4nc([C@@H]5CCCN5C(=O)[C@@H](NC(=O)OC)C(C)C)[nH]c4c3)c3c2C2CCC3N2C)[nH]1)C(C)C. The molecule has 4 N–H and O–H groups in total. The van der Waals surface area contributed by atoms with Crippen molar-refractivity contribution in [2.45, 2.75) is 102 Å². The van der Waals surface area contributed by atoms with Gasteiger partial charge >= 0.3 is 12.2 Å². The number of carbonyl (C=O) groups is 4. The average molecular weight is 794 g/mol. The first-order chi connectivity index (χ1) is 27.9. The van der Waals surface area contributed by atoms with Crippen LogP contribution in [0.3, 0.4) is 0 Å². The minimum Gasteiger partial charge on any atom is -0.453 e. The smallest absolute Gasteiger partial charge is 0.407 e. The van der Waals surface area contributed by atoms with Gasteiger partial charge in [-0.05, 0) is 91.8 Å². The predicted octanol–water partition coefficient (Wildman–Crippen LogP) is 6.53. The molecular weight excluding hydrogens is 739 g/mol. The highest BCUT2D eigenvalue weighted by Gasteiger charge is 2.45. The van der Waals surface area contributed by atoms with Crippen LogP contribution in [0.4, 0.5) is 9.59 Å². The van der Waals surface area contributed by atoms with Crippen molar-refractivity contribution in [2.24, 2.45) is 11.8 Å².